The maximum absolute atomic E-state index is 10.8. The molecule has 15 atom stereocenters. The van der Waals surface area contributed by atoms with Crippen LogP contribution in [0.1, 0.15) is 0 Å². The fourth-order valence-corrected chi connectivity index (χ4v) is 4.04. The summed E-state index contributed by atoms with van der Waals surface area (Å²) < 4.78 is 26.4. The largest absolute Gasteiger partial charge is 0.394 e. The van der Waals surface area contributed by atoms with Crippen molar-refractivity contribution in [3.8, 4) is 0 Å². The molecule has 0 aromatic carbocycles. The van der Waals surface area contributed by atoms with E-state index in [0.29, 0.717) is 0 Å². The zero-order valence-electron chi connectivity index (χ0n) is 17.7. The molecule has 0 aliphatic carbocycles. The van der Waals surface area contributed by atoms with E-state index in [-0.39, 0.29) is 0 Å². The Morgan fingerprint density at radius 1 is 0.441 bits per heavy atom. The summed E-state index contributed by atoms with van der Waals surface area (Å²) in [4.78, 5) is 0. The zero-order chi connectivity index (χ0) is 25.3. The number of rotatable bonds is 7. The van der Waals surface area contributed by atoms with Crippen molar-refractivity contribution in [1.82, 2.24) is 0 Å². The van der Waals surface area contributed by atoms with Crippen LogP contribution in [0.4, 0.5) is 0 Å². The Bertz CT molecular complexity index is 637. The molecule has 0 spiro atoms. The van der Waals surface area contributed by atoms with Gasteiger partial charge in [0.15, 0.2) is 18.9 Å². The lowest BCUT2D eigenvalue weighted by atomic mass is 9.96. The molecule has 11 N–H and O–H groups in total. The SMILES string of the molecule is OC[C@H]1O[C@@H](O[C@@H]2[C@H](O)[C@@H](O[C@@H]3O[C@H](CO)[C@@H](O)[C@H](O)[C@H]3O)C(O)O[C@@H]2CO)[C@H](O)[C@@H](O)[C@@H]1O. The molecule has 3 heterocycles. The molecule has 0 saturated carbocycles. The molecule has 0 aromatic rings. The second kappa shape index (κ2) is 11.6. The molecular formula is C18H32O16. The normalized spacial score (nSPS) is 52.5. The number of aliphatic hydroxyl groups excluding tert-OH is 11. The molecule has 0 amide bonds. The van der Waals surface area contributed by atoms with Crippen LogP contribution >= 0.6 is 0 Å². The maximum atomic E-state index is 10.8. The molecule has 200 valence electrons. The van der Waals surface area contributed by atoms with Gasteiger partial charge in [0.25, 0.3) is 0 Å². The second-order valence-corrected chi connectivity index (χ2v) is 8.33. The first kappa shape index (κ1) is 27.9. The molecule has 3 saturated heterocycles. The lowest BCUT2D eigenvalue weighted by Crippen LogP contribution is -2.66. The monoisotopic (exact) mass is 504 g/mol. The van der Waals surface area contributed by atoms with Crippen LogP contribution in [0.15, 0.2) is 0 Å². The summed E-state index contributed by atoms with van der Waals surface area (Å²) >= 11 is 0. The van der Waals surface area contributed by atoms with Gasteiger partial charge in [-0.05, 0) is 0 Å². The zero-order valence-corrected chi connectivity index (χ0v) is 17.7. The summed E-state index contributed by atoms with van der Waals surface area (Å²) in [7, 11) is 0. The van der Waals surface area contributed by atoms with Crippen LogP contribution in [0, 0.1) is 0 Å². The van der Waals surface area contributed by atoms with E-state index in [1.54, 1.807) is 0 Å². The lowest BCUT2D eigenvalue weighted by Gasteiger charge is -2.47. The molecule has 3 rings (SSSR count). The first-order valence-corrected chi connectivity index (χ1v) is 10.6. The number of hydrogen-bond acceptors (Lipinski definition) is 16. The summed E-state index contributed by atoms with van der Waals surface area (Å²) in [6.07, 6.45) is -25.4. The molecule has 3 aliphatic rings. The van der Waals surface area contributed by atoms with Gasteiger partial charge in [0.05, 0.1) is 19.8 Å². The Balaban J connectivity index is 1.76. The summed E-state index contributed by atoms with van der Waals surface area (Å²) in [5, 5.41) is 109. The molecule has 3 fully saturated rings. The minimum Gasteiger partial charge on any atom is -0.394 e. The van der Waals surface area contributed by atoms with Crippen molar-refractivity contribution in [3.05, 3.63) is 0 Å². The minimum absolute atomic E-state index is 0.750. The highest BCUT2D eigenvalue weighted by atomic mass is 16.8. The van der Waals surface area contributed by atoms with Crippen LogP contribution in [0.25, 0.3) is 0 Å². The molecule has 0 aromatic heterocycles. The van der Waals surface area contributed by atoms with E-state index in [0.717, 1.165) is 0 Å². The van der Waals surface area contributed by atoms with E-state index in [1.807, 2.05) is 0 Å². The Hall–Kier alpha value is -0.640. The van der Waals surface area contributed by atoms with Crippen LogP contribution in [0.3, 0.4) is 0 Å². The smallest absolute Gasteiger partial charge is 0.187 e. The van der Waals surface area contributed by atoms with Crippen molar-refractivity contribution in [2.75, 3.05) is 19.8 Å². The topological polar surface area (TPSA) is 269 Å². The Morgan fingerprint density at radius 3 is 1.26 bits per heavy atom. The van der Waals surface area contributed by atoms with Gasteiger partial charge in [0, 0.05) is 0 Å². The van der Waals surface area contributed by atoms with E-state index in [9.17, 15) is 56.2 Å². The van der Waals surface area contributed by atoms with Crippen LogP contribution in [0.2, 0.25) is 0 Å². The Labute approximate surface area is 192 Å². The minimum atomic E-state index is -1.92. The highest BCUT2D eigenvalue weighted by Crippen LogP contribution is 2.32. The van der Waals surface area contributed by atoms with Crippen molar-refractivity contribution < 1.29 is 79.9 Å². The van der Waals surface area contributed by atoms with Crippen LogP contribution in [0.5, 0.6) is 0 Å². The Morgan fingerprint density at radius 2 is 0.853 bits per heavy atom. The number of hydrogen-bond donors (Lipinski definition) is 11. The van der Waals surface area contributed by atoms with E-state index >= 15 is 0 Å². The van der Waals surface area contributed by atoms with Gasteiger partial charge in [-0.3, -0.25) is 0 Å². The average Bonchev–Trinajstić information content (AvgIpc) is 2.82. The quantitative estimate of drug-likeness (QED) is 0.154. The number of aliphatic hydroxyl groups is 11. The highest BCUT2D eigenvalue weighted by Gasteiger charge is 2.53. The summed E-state index contributed by atoms with van der Waals surface area (Å²) in [5.41, 5.74) is 0. The first-order chi connectivity index (χ1) is 16.0. The second-order valence-electron chi connectivity index (χ2n) is 8.33. The predicted octanol–water partition coefficient (Wildman–Crippen LogP) is -7.57. The van der Waals surface area contributed by atoms with Gasteiger partial charge in [0.1, 0.15) is 73.2 Å². The fourth-order valence-electron chi connectivity index (χ4n) is 4.04. The predicted molar refractivity (Wildman–Crippen MR) is 101 cm³/mol. The molecule has 1 unspecified atom stereocenters. The van der Waals surface area contributed by atoms with Gasteiger partial charge >= 0.3 is 0 Å². The van der Waals surface area contributed by atoms with Gasteiger partial charge in [-0.25, -0.2) is 0 Å². The van der Waals surface area contributed by atoms with Gasteiger partial charge in [-0.15, -0.1) is 0 Å². The van der Waals surface area contributed by atoms with Crippen molar-refractivity contribution in [2.24, 2.45) is 0 Å². The van der Waals surface area contributed by atoms with Crippen molar-refractivity contribution in [1.29, 1.82) is 0 Å². The van der Waals surface area contributed by atoms with Crippen molar-refractivity contribution in [2.45, 2.75) is 92.1 Å². The highest BCUT2D eigenvalue weighted by molar-refractivity contribution is 4.96. The molecule has 34 heavy (non-hydrogen) atoms. The lowest BCUT2D eigenvalue weighted by molar-refractivity contribution is -0.382. The maximum Gasteiger partial charge on any atom is 0.187 e. The van der Waals surface area contributed by atoms with Gasteiger partial charge < -0.3 is 79.9 Å². The third kappa shape index (κ3) is 5.37. The van der Waals surface area contributed by atoms with Crippen LogP contribution in [-0.2, 0) is 23.7 Å². The molecule has 3 aliphatic heterocycles. The standard InChI is InChI=1S/C18H32O16/c19-1-4-7(22)9(24)11(26)17(31-4)33-14-6(3-21)30-16(29)15(13(14)28)34-18-12(27)10(25)8(23)5(2-20)32-18/h4-29H,1-3H2/t4-,5-,6-,7-,8-,9+,10+,11-,12-,13+,14+,15-,16?,17+,18+/m1/s1. The van der Waals surface area contributed by atoms with E-state index < -0.39 is 112 Å². The van der Waals surface area contributed by atoms with Crippen LogP contribution in [-0.4, -0.2) is 168 Å². The summed E-state index contributed by atoms with van der Waals surface area (Å²) in [6.45, 7) is -2.31. The van der Waals surface area contributed by atoms with Gasteiger partial charge in [-0.1, -0.05) is 0 Å². The molecule has 0 bridgehead atoms. The third-order valence-electron chi connectivity index (χ3n) is 6.09. The average molecular weight is 504 g/mol. The number of ether oxygens (including phenoxy) is 5. The molecule has 16 heteroatoms. The molecule has 16 nitrogen and oxygen atoms in total. The summed E-state index contributed by atoms with van der Waals surface area (Å²) in [5.74, 6) is 0. The van der Waals surface area contributed by atoms with E-state index in [4.69, 9.17) is 23.7 Å². The van der Waals surface area contributed by atoms with E-state index in [2.05, 4.69) is 0 Å². The molecular weight excluding hydrogens is 472 g/mol. The molecule has 0 radical (unpaired) electrons. The summed E-state index contributed by atoms with van der Waals surface area (Å²) in [6, 6.07) is 0. The first-order valence-electron chi connectivity index (χ1n) is 10.6. The fraction of sp³-hybridized carbons (Fsp3) is 1.00. The van der Waals surface area contributed by atoms with Crippen molar-refractivity contribution in [3.63, 3.8) is 0 Å². The Kier molecular flexibility index (Phi) is 9.54. The third-order valence-corrected chi connectivity index (χ3v) is 6.09. The van der Waals surface area contributed by atoms with E-state index in [1.165, 1.54) is 0 Å². The van der Waals surface area contributed by atoms with Gasteiger partial charge in [-0.2, -0.15) is 0 Å². The van der Waals surface area contributed by atoms with Gasteiger partial charge in [0.2, 0.25) is 0 Å². The van der Waals surface area contributed by atoms with Crippen LogP contribution < -0.4 is 0 Å². The van der Waals surface area contributed by atoms with Crippen molar-refractivity contribution >= 4 is 0 Å².